The predicted molar refractivity (Wildman–Crippen MR) is 110 cm³/mol. The van der Waals surface area contributed by atoms with Crippen LogP contribution in [0, 0.1) is 0 Å². The maximum absolute atomic E-state index is 12.8. The molecule has 1 saturated heterocycles. The van der Waals surface area contributed by atoms with E-state index >= 15 is 0 Å². The maximum Gasteiger partial charge on any atom is 0.342 e. The average molecular weight is 466 g/mol. The second-order valence-electron chi connectivity index (χ2n) is 7.21. The zero-order valence-electron chi connectivity index (χ0n) is 18.6. The Kier molecular flexibility index (Phi) is 8.74. The molecule has 0 aliphatic carbocycles. The standard InChI is InChI=1S/C21H26N2O10/c1-10(24)23-17-19(31-13(4)27)18(30-12(3)26)16(9-29-11(2)25)32-21(17)33-20(28)14-7-5-6-8-15(14)22/h5-8,16-19,21H,9,22H2,1-4H3,(H,23,24)/t16-,17+,18-,19-,21+/m1/s1. The molecule has 1 amide bonds. The van der Waals surface area contributed by atoms with Gasteiger partial charge in [0.05, 0.1) is 5.56 Å². The van der Waals surface area contributed by atoms with E-state index in [1.807, 2.05) is 0 Å². The fourth-order valence-corrected chi connectivity index (χ4v) is 3.24. The molecule has 1 aromatic rings. The Morgan fingerprint density at radius 2 is 1.52 bits per heavy atom. The number of anilines is 1. The minimum Gasteiger partial charge on any atom is -0.463 e. The van der Waals surface area contributed by atoms with Crippen LogP contribution in [0.15, 0.2) is 24.3 Å². The van der Waals surface area contributed by atoms with Crippen LogP contribution in [0.3, 0.4) is 0 Å². The van der Waals surface area contributed by atoms with Gasteiger partial charge in [0.2, 0.25) is 12.2 Å². The van der Waals surface area contributed by atoms with Crippen molar-refractivity contribution in [1.29, 1.82) is 0 Å². The van der Waals surface area contributed by atoms with E-state index in [9.17, 15) is 24.0 Å². The van der Waals surface area contributed by atoms with Gasteiger partial charge in [-0.3, -0.25) is 19.2 Å². The molecule has 1 aromatic carbocycles. The van der Waals surface area contributed by atoms with Crippen LogP contribution in [-0.4, -0.2) is 67.0 Å². The highest BCUT2D eigenvalue weighted by Crippen LogP contribution is 2.29. The summed E-state index contributed by atoms with van der Waals surface area (Å²) >= 11 is 0. The zero-order valence-corrected chi connectivity index (χ0v) is 18.6. The van der Waals surface area contributed by atoms with Crippen molar-refractivity contribution in [1.82, 2.24) is 5.32 Å². The number of nitrogens with one attached hydrogen (secondary N) is 1. The Morgan fingerprint density at radius 1 is 0.909 bits per heavy atom. The number of amides is 1. The molecule has 0 spiro atoms. The van der Waals surface area contributed by atoms with Gasteiger partial charge in [-0.15, -0.1) is 0 Å². The number of para-hydroxylation sites is 1. The second kappa shape index (κ2) is 11.3. The van der Waals surface area contributed by atoms with Crippen molar-refractivity contribution in [2.45, 2.75) is 58.3 Å². The van der Waals surface area contributed by atoms with E-state index in [-0.39, 0.29) is 11.3 Å². The van der Waals surface area contributed by atoms with Crippen LogP contribution < -0.4 is 11.1 Å². The van der Waals surface area contributed by atoms with E-state index in [1.165, 1.54) is 19.1 Å². The summed E-state index contributed by atoms with van der Waals surface area (Å²) in [7, 11) is 0. The third-order valence-corrected chi connectivity index (χ3v) is 4.48. The highest BCUT2D eigenvalue weighted by Gasteiger charge is 2.52. The molecule has 12 heteroatoms. The van der Waals surface area contributed by atoms with Crippen molar-refractivity contribution in [3.8, 4) is 0 Å². The lowest BCUT2D eigenvalue weighted by atomic mass is 9.96. The average Bonchev–Trinajstić information content (AvgIpc) is 2.70. The summed E-state index contributed by atoms with van der Waals surface area (Å²) in [5.74, 6) is -3.62. The number of esters is 4. The van der Waals surface area contributed by atoms with Gasteiger partial charge in [-0.25, -0.2) is 4.79 Å². The molecule has 1 heterocycles. The largest absolute Gasteiger partial charge is 0.463 e. The molecule has 0 bridgehead atoms. The van der Waals surface area contributed by atoms with Crippen LogP contribution >= 0.6 is 0 Å². The normalized spacial score (nSPS) is 24.2. The molecule has 0 aromatic heterocycles. The van der Waals surface area contributed by atoms with Crippen LogP contribution in [-0.2, 0) is 42.9 Å². The molecule has 180 valence electrons. The van der Waals surface area contributed by atoms with Crippen LogP contribution in [0.25, 0.3) is 0 Å². The Hall–Kier alpha value is -3.67. The summed E-state index contributed by atoms with van der Waals surface area (Å²) in [5.41, 5.74) is 6.00. The molecule has 3 N–H and O–H groups in total. The molecular weight excluding hydrogens is 440 g/mol. The number of ether oxygens (including phenoxy) is 5. The Balaban J connectivity index is 2.45. The third-order valence-electron chi connectivity index (χ3n) is 4.48. The van der Waals surface area contributed by atoms with Gasteiger partial charge in [-0.2, -0.15) is 0 Å². The summed E-state index contributed by atoms with van der Waals surface area (Å²) in [6, 6.07) is 4.85. The third kappa shape index (κ3) is 7.17. The van der Waals surface area contributed by atoms with Crippen molar-refractivity contribution in [2.75, 3.05) is 12.3 Å². The lowest BCUT2D eigenvalue weighted by Crippen LogP contribution is -2.66. The van der Waals surface area contributed by atoms with Crippen molar-refractivity contribution < 1.29 is 47.7 Å². The SMILES string of the molecule is CC(=O)N[C@@H]1[C@H](OC(=O)c2ccccc2N)O[C@H](COC(C)=O)[C@@H](OC(C)=O)[C@@H]1OC(C)=O. The monoisotopic (exact) mass is 466 g/mol. The fraction of sp³-hybridized carbons (Fsp3) is 0.476. The van der Waals surface area contributed by atoms with Gasteiger partial charge in [0, 0.05) is 33.4 Å². The Labute approximate surface area is 189 Å². The van der Waals surface area contributed by atoms with E-state index in [0.29, 0.717) is 0 Å². The molecule has 1 aliphatic heterocycles. The molecular formula is C21H26N2O10. The van der Waals surface area contributed by atoms with Gasteiger partial charge in [0.1, 0.15) is 18.8 Å². The van der Waals surface area contributed by atoms with Crippen molar-refractivity contribution >= 4 is 35.5 Å². The fourth-order valence-electron chi connectivity index (χ4n) is 3.24. The Morgan fingerprint density at radius 3 is 2.06 bits per heavy atom. The number of nitrogens with two attached hydrogens (primary N) is 1. The van der Waals surface area contributed by atoms with Gasteiger partial charge in [0.25, 0.3) is 0 Å². The van der Waals surface area contributed by atoms with Crippen molar-refractivity contribution in [3.63, 3.8) is 0 Å². The van der Waals surface area contributed by atoms with Crippen LogP contribution in [0.5, 0.6) is 0 Å². The minimum atomic E-state index is -1.52. The summed E-state index contributed by atoms with van der Waals surface area (Å²) in [5, 5.41) is 2.50. The van der Waals surface area contributed by atoms with Crippen LogP contribution in [0.4, 0.5) is 5.69 Å². The van der Waals surface area contributed by atoms with Crippen LogP contribution in [0.1, 0.15) is 38.1 Å². The van der Waals surface area contributed by atoms with E-state index < -0.39 is 67.0 Å². The van der Waals surface area contributed by atoms with E-state index in [2.05, 4.69) is 5.32 Å². The molecule has 33 heavy (non-hydrogen) atoms. The van der Waals surface area contributed by atoms with Gasteiger partial charge >= 0.3 is 23.9 Å². The highest BCUT2D eigenvalue weighted by molar-refractivity contribution is 5.95. The second-order valence-corrected chi connectivity index (χ2v) is 7.21. The first-order valence-corrected chi connectivity index (χ1v) is 9.95. The van der Waals surface area contributed by atoms with Gasteiger partial charge in [-0.05, 0) is 12.1 Å². The van der Waals surface area contributed by atoms with Gasteiger partial charge < -0.3 is 34.7 Å². The topological polar surface area (TPSA) is 170 Å². The maximum atomic E-state index is 12.8. The number of rotatable bonds is 7. The lowest BCUT2D eigenvalue weighted by Gasteiger charge is -2.44. The molecule has 12 nitrogen and oxygen atoms in total. The van der Waals surface area contributed by atoms with E-state index in [0.717, 1.165) is 20.8 Å². The van der Waals surface area contributed by atoms with Gasteiger partial charge in [0.15, 0.2) is 12.2 Å². The molecule has 0 unspecified atom stereocenters. The van der Waals surface area contributed by atoms with E-state index in [4.69, 9.17) is 29.4 Å². The molecule has 0 saturated carbocycles. The number of carbonyl (C=O) groups excluding carboxylic acids is 5. The summed E-state index contributed by atoms with van der Waals surface area (Å²) < 4.78 is 26.8. The number of hydrogen-bond acceptors (Lipinski definition) is 11. The molecule has 1 aliphatic rings. The van der Waals surface area contributed by atoms with Gasteiger partial charge in [-0.1, -0.05) is 12.1 Å². The molecule has 1 fully saturated rings. The highest BCUT2D eigenvalue weighted by atomic mass is 16.7. The molecule has 2 rings (SSSR count). The molecule has 0 radical (unpaired) electrons. The first kappa shape index (κ1) is 25.6. The van der Waals surface area contributed by atoms with Crippen LogP contribution in [0.2, 0.25) is 0 Å². The smallest absolute Gasteiger partial charge is 0.342 e. The Bertz CT molecular complexity index is 918. The summed E-state index contributed by atoms with van der Waals surface area (Å²) in [6.07, 6.45) is -5.34. The number of nitrogen functional groups attached to an aromatic ring is 1. The zero-order chi connectivity index (χ0) is 24.7. The molecule has 5 atom stereocenters. The predicted octanol–water partition coefficient (Wildman–Crippen LogP) is 0.0817. The number of carbonyl (C=O) groups is 5. The first-order valence-electron chi connectivity index (χ1n) is 9.95. The number of benzene rings is 1. The van der Waals surface area contributed by atoms with E-state index in [1.54, 1.807) is 12.1 Å². The number of hydrogen-bond donors (Lipinski definition) is 2. The minimum absolute atomic E-state index is 0.0327. The van der Waals surface area contributed by atoms with Crippen molar-refractivity contribution in [3.05, 3.63) is 29.8 Å². The quantitative estimate of drug-likeness (QED) is 0.317. The summed E-state index contributed by atoms with van der Waals surface area (Å²) in [4.78, 5) is 59.5. The summed E-state index contributed by atoms with van der Waals surface area (Å²) in [6.45, 7) is 4.15. The first-order chi connectivity index (χ1) is 15.5. The lowest BCUT2D eigenvalue weighted by molar-refractivity contribution is -0.263. The van der Waals surface area contributed by atoms with Crippen molar-refractivity contribution in [2.24, 2.45) is 0 Å².